The summed E-state index contributed by atoms with van der Waals surface area (Å²) in [4.78, 5) is 25.1. The number of carbonyl (C=O) groups excluding carboxylic acids is 2. The summed E-state index contributed by atoms with van der Waals surface area (Å²) in [6.07, 6.45) is -0.920. The Balaban J connectivity index is 1.73. The molecule has 0 bridgehead atoms. The van der Waals surface area contributed by atoms with Crippen LogP contribution in [0, 0.1) is 13.8 Å². The van der Waals surface area contributed by atoms with E-state index in [1.165, 1.54) is 0 Å². The highest BCUT2D eigenvalue weighted by atomic mass is 16.5. The molecule has 0 aliphatic carbocycles. The normalized spacial score (nSPS) is 11.5. The largest absolute Gasteiger partial charge is 0.449 e. The van der Waals surface area contributed by atoms with Gasteiger partial charge in [0.15, 0.2) is 6.10 Å². The zero-order chi connectivity index (χ0) is 20.1. The standard InChI is InChI=1S/C24H23NO3/c1-16-10-9-14-20(17(16)2)24(27)28-18(3)23(26)25-22-15-8-7-13-21(22)19-11-5-4-6-12-19/h4-15,18H,1-3H3,(H,25,26)/t18-/m0/s1. The molecule has 1 amide bonds. The van der Waals surface area contributed by atoms with Crippen molar-refractivity contribution in [1.82, 2.24) is 0 Å². The average Bonchev–Trinajstić information content (AvgIpc) is 2.71. The lowest BCUT2D eigenvalue weighted by Gasteiger charge is -2.16. The van der Waals surface area contributed by atoms with E-state index in [4.69, 9.17) is 4.74 Å². The van der Waals surface area contributed by atoms with E-state index in [1.54, 1.807) is 19.1 Å². The number of hydrogen-bond donors (Lipinski definition) is 1. The van der Waals surface area contributed by atoms with Crippen molar-refractivity contribution in [2.45, 2.75) is 26.9 Å². The number of para-hydroxylation sites is 1. The number of anilines is 1. The second-order valence-electron chi connectivity index (χ2n) is 6.70. The van der Waals surface area contributed by atoms with Gasteiger partial charge in [-0.15, -0.1) is 0 Å². The van der Waals surface area contributed by atoms with E-state index in [0.29, 0.717) is 11.3 Å². The van der Waals surface area contributed by atoms with E-state index >= 15 is 0 Å². The maximum Gasteiger partial charge on any atom is 0.339 e. The highest BCUT2D eigenvalue weighted by molar-refractivity contribution is 6.00. The first kappa shape index (κ1) is 19.4. The van der Waals surface area contributed by atoms with Gasteiger partial charge < -0.3 is 10.1 Å². The van der Waals surface area contributed by atoms with Crippen LogP contribution in [-0.4, -0.2) is 18.0 Å². The number of hydrogen-bond acceptors (Lipinski definition) is 3. The molecule has 28 heavy (non-hydrogen) atoms. The third-order valence-electron chi connectivity index (χ3n) is 4.75. The highest BCUT2D eigenvalue weighted by Crippen LogP contribution is 2.27. The SMILES string of the molecule is Cc1cccc(C(=O)O[C@@H](C)C(=O)Nc2ccccc2-c2ccccc2)c1C. The van der Waals surface area contributed by atoms with Gasteiger partial charge in [0.2, 0.25) is 0 Å². The topological polar surface area (TPSA) is 55.4 Å². The summed E-state index contributed by atoms with van der Waals surface area (Å²) in [7, 11) is 0. The fraction of sp³-hybridized carbons (Fsp3) is 0.167. The van der Waals surface area contributed by atoms with Crippen LogP contribution in [0.5, 0.6) is 0 Å². The maximum atomic E-state index is 12.6. The van der Waals surface area contributed by atoms with E-state index in [-0.39, 0.29) is 5.91 Å². The lowest BCUT2D eigenvalue weighted by Crippen LogP contribution is -2.30. The average molecular weight is 373 g/mol. The molecule has 0 aliphatic heterocycles. The molecule has 0 heterocycles. The maximum absolute atomic E-state index is 12.6. The van der Waals surface area contributed by atoms with E-state index in [9.17, 15) is 9.59 Å². The summed E-state index contributed by atoms with van der Waals surface area (Å²) in [5.41, 5.74) is 4.92. The molecule has 0 unspecified atom stereocenters. The molecule has 0 spiro atoms. The molecule has 3 aromatic carbocycles. The molecule has 4 nitrogen and oxygen atoms in total. The molecule has 1 N–H and O–H groups in total. The highest BCUT2D eigenvalue weighted by Gasteiger charge is 2.21. The van der Waals surface area contributed by atoms with Crippen LogP contribution >= 0.6 is 0 Å². The Morgan fingerprint density at radius 3 is 2.29 bits per heavy atom. The van der Waals surface area contributed by atoms with Gasteiger partial charge in [0.05, 0.1) is 5.56 Å². The van der Waals surface area contributed by atoms with Gasteiger partial charge in [-0.2, -0.15) is 0 Å². The van der Waals surface area contributed by atoms with E-state index < -0.39 is 12.1 Å². The molecule has 3 aromatic rings. The molecule has 1 atom stereocenters. The Labute approximate surface area is 165 Å². The lowest BCUT2D eigenvalue weighted by molar-refractivity contribution is -0.123. The van der Waals surface area contributed by atoms with Crippen molar-refractivity contribution in [3.63, 3.8) is 0 Å². The molecule has 0 aromatic heterocycles. The van der Waals surface area contributed by atoms with Gasteiger partial charge in [-0.25, -0.2) is 4.79 Å². The number of nitrogens with one attached hydrogen (secondary N) is 1. The van der Waals surface area contributed by atoms with Crippen molar-refractivity contribution in [2.24, 2.45) is 0 Å². The number of carbonyl (C=O) groups is 2. The van der Waals surface area contributed by atoms with Crippen molar-refractivity contribution in [3.8, 4) is 11.1 Å². The van der Waals surface area contributed by atoms with Gasteiger partial charge in [0.1, 0.15) is 0 Å². The molecule has 0 saturated carbocycles. The van der Waals surface area contributed by atoms with Crippen LogP contribution in [0.25, 0.3) is 11.1 Å². The number of amides is 1. The van der Waals surface area contributed by atoms with Crippen LogP contribution in [0.4, 0.5) is 5.69 Å². The summed E-state index contributed by atoms with van der Waals surface area (Å²) >= 11 is 0. The fourth-order valence-electron chi connectivity index (χ4n) is 2.95. The molecule has 142 valence electrons. The van der Waals surface area contributed by atoms with Crippen molar-refractivity contribution in [2.75, 3.05) is 5.32 Å². The van der Waals surface area contributed by atoms with Gasteiger partial charge in [-0.1, -0.05) is 60.7 Å². The summed E-state index contributed by atoms with van der Waals surface area (Å²) in [6, 6.07) is 22.8. The summed E-state index contributed by atoms with van der Waals surface area (Å²) in [5, 5.41) is 2.88. The first-order chi connectivity index (χ1) is 13.5. The molecule has 4 heteroatoms. The number of esters is 1. The van der Waals surface area contributed by atoms with Gasteiger partial charge in [-0.05, 0) is 49.6 Å². The van der Waals surface area contributed by atoms with Crippen LogP contribution < -0.4 is 5.32 Å². The first-order valence-electron chi connectivity index (χ1n) is 9.20. The number of rotatable bonds is 5. The van der Waals surface area contributed by atoms with Crippen LogP contribution in [0.2, 0.25) is 0 Å². The Morgan fingerprint density at radius 1 is 0.857 bits per heavy atom. The third-order valence-corrected chi connectivity index (χ3v) is 4.75. The molecule has 0 radical (unpaired) electrons. The van der Waals surface area contributed by atoms with Crippen LogP contribution in [-0.2, 0) is 9.53 Å². The molecular formula is C24H23NO3. The van der Waals surface area contributed by atoms with Gasteiger partial charge in [0, 0.05) is 11.3 Å². The summed E-state index contributed by atoms with van der Waals surface area (Å²) < 4.78 is 5.40. The van der Waals surface area contributed by atoms with Gasteiger partial charge in [-0.3, -0.25) is 4.79 Å². The predicted octanol–water partition coefficient (Wildman–Crippen LogP) is 5.15. The Morgan fingerprint density at radius 2 is 1.54 bits per heavy atom. The van der Waals surface area contributed by atoms with Crippen molar-refractivity contribution in [1.29, 1.82) is 0 Å². The first-order valence-corrected chi connectivity index (χ1v) is 9.20. The minimum absolute atomic E-state index is 0.373. The quantitative estimate of drug-likeness (QED) is 0.629. The predicted molar refractivity (Wildman–Crippen MR) is 111 cm³/mol. The number of ether oxygens (including phenoxy) is 1. The van der Waals surface area contributed by atoms with Crippen LogP contribution in [0.15, 0.2) is 72.8 Å². The second kappa shape index (κ2) is 8.53. The van der Waals surface area contributed by atoms with Gasteiger partial charge >= 0.3 is 5.97 Å². The van der Waals surface area contributed by atoms with Crippen molar-refractivity contribution < 1.29 is 14.3 Å². The second-order valence-corrected chi connectivity index (χ2v) is 6.70. The monoisotopic (exact) mass is 373 g/mol. The molecule has 3 rings (SSSR count). The molecular weight excluding hydrogens is 350 g/mol. The van der Waals surface area contributed by atoms with Crippen molar-refractivity contribution in [3.05, 3.63) is 89.5 Å². The molecule has 0 fully saturated rings. The smallest absolute Gasteiger partial charge is 0.339 e. The van der Waals surface area contributed by atoms with Crippen LogP contribution in [0.1, 0.15) is 28.4 Å². The zero-order valence-electron chi connectivity index (χ0n) is 16.2. The number of aryl methyl sites for hydroxylation is 1. The minimum Gasteiger partial charge on any atom is -0.449 e. The van der Waals surface area contributed by atoms with E-state index in [0.717, 1.165) is 22.3 Å². The molecule has 0 aliphatic rings. The van der Waals surface area contributed by atoms with Crippen LogP contribution in [0.3, 0.4) is 0 Å². The fourth-order valence-corrected chi connectivity index (χ4v) is 2.95. The third kappa shape index (κ3) is 4.29. The lowest BCUT2D eigenvalue weighted by atomic mass is 10.0. The minimum atomic E-state index is -0.920. The van der Waals surface area contributed by atoms with Gasteiger partial charge in [0.25, 0.3) is 5.91 Å². The summed E-state index contributed by atoms with van der Waals surface area (Å²) in [6.45, 7) is 5.37. The number of benzene rings is 3. The van der Waals surface area contributed by atoms with E-state index in [2.05, 4.69) is 5.32 Å². The zero-order valence-corrected chi connectivity index (χ0v) is 16.2. The summed E-state index contributed by atoms with van der Waals surface area (Å²) in [5.74, 6) is -0.873. The Hall–Kier alpha value is -3.40. The Bertz CT molecular complexity index is 996. The van der Waals surface area contributed by atoms with E-state index in [1.807, 2.05) is 74.5 Å². The Kier molecular flexibility index (Phi) is 5.90. The van der Waals surface area contributed by atoms with Crippen molar-refractivity contribution >= 4 is 17.6 Å². The molecule has 0 saturated heterocycles.